The number of rotatable bonds is 1. The van der Waals surface area contributed by atoms with Gasteiger partial charge in [0.2, 0.25) is 0 Å². The molecular formula is C24H23F12N3P2Ru. The zero-order chi connectivity index (χ0) is 31.4. The van der Waals surface area contributed by atoms with E-state index in [0.29, 0.717) is 0 Å². The van der Waals surface area contributed by atoms with Crippen LogP contribution >= 0.6 is 15.6 Å². The number of hydrogen-bond acceptors (Lipinski definition) is 3. The number of benzene rings is 1. The van der Waals surface area contributed by atoms with Crippen molar-refractivity contribution in [1.82, 2.24) is 15.0 Å². The Balaban J connectivity index is 0.000000511. The van der Waals surface area contributed by atoms with Crippen molar-refractivity contribution in [3.8, 4) is 11.4 Å². The van der Waals surface area contributed by atoms with E-state index in [9.17, 15) is 50.4 Å². The van der Waals surface area contributed by atoms with Gasteiger partial charge in [-0.25, -0.2) is 0 Å². The van der Waals surface area contributed by atoms with Gasteiger partial charge >= 0.3 is 85.5 Å². The van der Waals surface area contributed by atoms with Crippen LogP contribution in [0.25, 0.3) is 11.4 Å². The van der Waals surface area contributed by atoms with Gasteiger partial charge in [-0.05, 0) is 66.8 Å². The molecule has 0 spiro atoms. The molecule has 0 radical (unpaired) electrons. The number of pyridine rings is 3. The second kappa shape index (κ2) is 13.7. The second-order valence-electron chi connectivity index (χ2n) is 7.99. The maximum absolute atomic E-state index is 10.7. The molecule has 3 nitrogen and oxygen atoms in total. The van der Waals surface area contributed by atoms with Crippen molar-refractivity contribution in [1.29, 1.82) is 0 Å². The van der Waals surface area contributed by atoms with Gasteiger partial charge in [0.05, 0.1) is 11.4 Å². The quantitative estimate of drug-likeness (QED) is 0.111. The third-order valence-corrected chi connectivity index (χ3v) is 4.17. The van der Waals surface area contributed by atoms with Crippen molar-refractivity contribution >= 4 is 15.6 Å². The van der Waals surface area contributed by atoms with Crippen molar-refractivity contribution in [2.75, 3.05) is 0 Å². The Labute approximate surface area is 245 Å². The van der Waals surface area contributed by atoms with E-state index in [1.165, 1.54) is 19.3 Å². The Kier molecular flexibility index (Phi) is 12.9. The number of halogens is 12. The van der Waals surface area contributed by atoms with Crippen molar-refractivity contribution < 1.29 is 69.8 Å². The normalized spacial score (nSPS) is 15.0. The van der Waals surface area contributed by atoms with Crippen LogP contribution in [-0.4, -0.2) is 15.0 Å². The molecule has 0 bridgehead atoms. The largest absolute Gasteiger partial charge is 2.00 e. The summed E-state index contributed by atoms with van der Waals surface area (Å²) in [5.74, 6) is 0. The molecule has 0 saturated carbocycles. The molecule has 236 valence electrons. The molecule has 1 aliphatic rings. The van der Waals surface area contributed by atoms with Crippen LogP contribution in [0.15, 0.2) is 104 Å². The van der Waals surface area contributed by atoms with Gasteiger partial charge in [-0.1, -0.05) is 42.5 Å². The van der Waals surface area contributed by atoms with Gasteiger partial charge in [0.25, 0.3) is 0 Å². The molecule has 0 atom stereocenters. The smallest absolute Gasteiger partial charge is 0.265 e. The van der Waals surface area contributed by atoms with Crippen LogP contribution in [0.2, 0.25) is 0 Å². The summed E-state index contributed by atoms with van der Waals surface area (Å²) in [6.45, 7) is 0. The Bertz CT molecular complexity index is 1190. The fourth-order valence-electron chi connectivity index (χ4n) is 2.86. The SMILES string of the molecule is F[P-](F)(F)(F)(F)F.F[P-](F)(F)(F)(F)F.[Ru+2].c1ccc(-c2ccccn2)nc1.c1ccc2c(c1)CCC2.c1ccncc1. The summed E-state index contributed by atoms with van der Waals surface area (Å²) in [5.41, 5.74) is 4.96. The molecule has 4 aromatic rings. The monoisotopic (exact) mass is 745 g/mol. The zero-order valence-corrected chi connectivity index (χ0v) is 24.6. The van der Waals surface area contributed by atoms with Gasteiger partial charge < -0.3 is 0 Å². The van der Waals surface area contributed by atoms with Gasteiger partial charge in [0.1, 0.15) is 0 Å². The van der Waals surface area contributed by atoms with Gasteiger partial charge in [0, 0.05) is 24.8 Å². The first-order valence-corrected chi connectivity index (χ1v) is 15.3. The van der Waals surface area contributed by atoms with Gasteiger partial charge in [-0.2, -0.15) is 0 Å². The second-order valence-corrected chi connectivity index (χ2v) is 11.8. The first kappa shape index (κ1) is 39.3. The van der Waals surface area contributed by atoms with Gasteiger partial charge in [0.15, 0.2) is 0 Å². The average molecular weight is 744 g/mol. The van der Waals surface area contributed by atoms with Crippen LogP contribution in [0.1, 0.15) is 17.5 Å². The van der Waals surface area contributed by atoms with Crippen LogP contribution < -0.4 is 0 Å². The number of hydrogen-bond donors (Lipinski definition) is 0. The Morgan fingerprint density at radius 3 is 0.976 bits per heavy atom. The van der Waals surface area contributed by atoms with E-state index >= 15 is 0 Å². The number of fused-ring (bicyclic) bond motifs is 1. The van der Waals surface area contributed by atoms with E-state index in [0.717, 1.165) is 11.4 Å². The van der Waals surface area contributed by atoms with E-state index in [1.54, 1.807) is 35.9 Å². The molecule has 0 N–H and O–H groups in total. The molecule has 3 heterocycles. The number of aromatic nitrogens is 3. The number of nitrogens with zero attached hydrogens (tertiary/aromatic N) is 3. The fraction of sp³-hybridized carbons (Fsp3) is 0.125. The molecular weight excluding hydrogens is 721 g/mol. The zero-order valence-electron chi connectivity index (χ0n) is 21.1. The van der Waals surface area contributed by atoms with E-state index in [2.05, 4.69) is 39.2 Å². The Morgan fingerprint density at radius 1 is 0.429 bits per heavy atom. The van der Waals surface area contributed by atoms with Crippen LogP contribution in [0.5, 0.6) is 0 Å². The van der Waals surface area contributed by atoms with Crippen LogP contribution in [0.4, 0.5) is 50.4 Å². The molecule has 1 aromatic carbocycles. The predicted molar refractivity (Wildman–Crippen MR) is 137 cm³/mol. The van der Waals surface area contributed by atoms with Crippen molar-refractivity contribution in [2.24, 2.45) is 0 Å². The molecule has 5 rings (SSSR count). The third kappa shape index (κ3) is 30.3. The molecule has 0 saturated heterocycles. The summed E-state index contributed by atoms with van der Waals surface area (Å²) in [6.07, 6.45) is 11.0. The summed E-state index contributed by atoms with van der Waals surface area (Å²) in [6, 6.07) is 26.0. The fourth-order valence-corrected chi connectivity index (χ4v) is 2.86. The first-order valence-electron chi connectivity index (χ1n) is 11.2. The summed E-state index contributed by atoms with van der Waals surface area (Å²) < 4.78 is 118. The standard InChI is InChI=1S/C10H8N2.C9H10.C5H5N.2F6P.Ru/c1-3-7-11-9(5-1)10-6-2-4-8-12-10;1-2-5-9-7-3-6-8(9)4-1;1-2-4-6-5-3-1;2*1-7(2,3,4,5)6;/h1-8H;1-2,4-5H,3,6-7H2;1-5H;;;/q;;;2*-1;+2. The van der Waals surface area contributed by atoms with Crippen molar-refractivity contribution in [2.45, 2.75) is 19.3 Å². The van der Waals surface area contributed by atoms with Gasteiger partial charge in [-0.15, -0.1) is 0 Å². The minimum Gasteiger partial charge on any atom is -0.265 e. The third-order valence-electron chi connectivity index (χ3n) is 4.17. The maximum Gasteiger partial charge on any atom is 2.00 e. The minimum atomic E-state index is -10.7. The Morgan fingerprint density at radius 2 is 0.738 bits per heavy atom. The number of aryl methyl sites for hydroxylation is 2. The van der Waals surface area contributed by atoms with Gasteiger partial charge in [-0.3, -0.25) is 15.0 Å². The minimum absolute atomic E-state index is 0. The van der Waals surface area contributed by atoms with E-state index in [1.807, 2.05) is 54.6 Å². The molecule has 0 unspecified atom stereocenters. The first-order chi connectivity index (χ1) is 18.3. The van der Waals surface area contributed by atoms with Crippen LogP contribution in [0.3, 0.4) is 0 Å². The van der Waals surface area contributed by atoms with E-state index in [-0.39, 0.29) is 19.5 Å². The molecule has 0 aliphatic heterocycles. The molecule has 3 aromatic heterocycles. The van der Waals surface area contributed by atoms with Crippen LogP contribution in [-0.2, 0) is 32.3 Å². The topological polar surface area (TPSA) is 38.7 Å². The molecule has 42 heavy (non-hydrogen) atoms. The molecule has 18 heteroatoms. The summed E-state index contributed by atoms with van der Waals surface area (Å²) in [4.78, 5) is 12.2. The summed E-state index contributed by atoms with van der Waals surface area (Å²) in [5, 5.41) is 0. The molecule has 1 aliphatic carbocycles. The molecule has 0 amide bonds. The average Bonchev–Trinajstić information content (AvgIpc) is 3.32. The van der Waals surface area contributed by atoms with E-state index in [4.69, 9.17) is 0 Å². The van der Waals surface area contributed by atoms with Crippen molar-refractivity contribution in [3.63, 3.8) is 0 Å². The predicted octanol–water partition coefficient (Wildman–Crippen LogP) is 12.2. The summed E-state index contributed by atoms with van der Waals surface area (Å²) >= 11 is 0. The molecule has 0 fully saturated rings. The van der Waals surface area contributed by atoms with Crippen molar-refractivity contribution in [3.05, 3.63) is 115 Å². The Hall–Kier alpha value is -2.69. The van der Waals surface area contributed by atoms with E-state index < -0.39 is 15.6 Å². The summed E-state index contributed by atoms with van der Waals surface area (Å²) in [7, 11) is -21.3. The maximum atomic E-state index is 9.87. The van der Waals surface area contributed by atoms with Crippen LogP contribution in [0, 0.1) is 0 Å².